The number of hydrogen-bond donors (Lipinski definition) is 1. The third-order valence-corrected chi connectivity index (χ3v) is 7.30. The number of carbonyl (C=O) groups excluding carboxylic acids is 1. The largest absolute Gasteiger partial charge is 0.322 e. The van der Waals surface area contributed by atoms with Crippen molar-refractivity contribution in [3.8, 4) is 0 Å². The molecule has 0 bridgehead atoms. The van der Waals surface area contributed by atoms with Gasteiger partial charge in [0, 0.05) is 37.4 Å². The van der Waals surface area contributed by atoms with E-state index in [4.69, 9.17) is 0 Å². The Morgan fingerprint density at radius 3 is 2.32 bits per heavy atom. The van der Waals surface area contributed by atoms with Gasteiger partial charge in [0.1, 0.15) is 0 Å². The summed E-state index contributed by atoms with van der Waals surface area (Å²) in [5.74, 6) is -0.304. The number of benzene rings is 2. The van der Waals surface area contributed by atoms with Crippen LogP contribution in [-0.2, 0) is 10.0 Å². The van der Waals surface area contributed by atoms with Crippen molar-refractivity contribution in [1.82, 2.24) is 9.21 Å². The molecule has 28 heavy (non-hydrogen) atoms. The number of nitrogens with zero attached hydrogens (tertiary/aromatic N) is 2. The quantitative estimate of drug-likeness (QED) is 0.855. The lowest BCUT2D eigenvalue weighted by molar-refractivity contribution is 0.102. The number of likely N-dealkylation sites (N-methyl/N-ethyl adjacent to an activating group) is 1. The van der Waals surface area contributed by atoms with Crippen molar-refractivity contribution in [3.05, 3.63) is 58.7 Å². The van der Waals surface area contributed by atoms with E-state index in [1.54, 1.807) is 12.1 Å². The monoisotopic (exact) mass is 401 g/mol. The highest BCUT2D eigenvalue weighted by Crippen LogP contribution is 2.23. The summed E-state index contributed by atoms with van der Waals surface area (Å²) < 4.78 is 27.5. The fraction of sp³-hybridized carbons (Fsp3) is 0.381. The number of rotatable bonds is 4. The maximum Gasteiger partial charge on any atom is 0.255 e. The molecule has 0 aliphatic carbocycles. The molecule has 0 atom stereocenters. The fourth-order valence-electron chi connectivity index (χ4n) is 3.26. The van der Waals surface area contributed by atoms with E-state index in [2.05, 4.69) is 10.2 Å². The number of nitrogens with one attached hydrogen (secondary N) is 1. The number of aryl methyl sites for hydroxylation is 2. The van der Waals surface area contributed by atoms with Crippen LogP contribution in [0.4, 0.5) is 5.69 Å². The lowest BCUT2D eigenvalue weighted by atomic mass is 10.1. The van der Waals surface area contributed by atoms with Crippen molar-refractivity contribution in [3.63, 3.8) is 0 Å². The van der Waals surface area contributed by atoms with Crippen LogP contribution in [0.1, 0.15) is 27.0 Å². The molecule has 1 aliphatic heterocycles. The van der Waals surface area contributed by atoms with Gasteiger partial charge in [0.2, 0.25) is 10.0 Å². The zero-order valence-electron chi connectivity index (χ0n) is 16.8. The predicted molar refractivity (Wildman–Crippen MR) is 111 cm³/mol. The average molecular weight is 402 g/mol. The maximum absolute atomic E-state index is 13.0. The lowest BCUT2D eigenvalue weighted by Gasteiger charge is -2.31. The summed E-state index contributed by atoms with van der Waals surface area (Å²) in [7, 11) is -1.64. The van der Waals surface area contributed by atoms with Crippen molar-refractivity contribution >= 4 is 21.6 Å². The van der Waals surface area contributed by atoms with Gasteiger partial charge in [0.15, 0.2) is 0 Å². The van der Waals surface area contributed by atoms with Gasteiger partial charge in [-0.15, -0.1) is 0 Å². The van der Waals surface area contributed by atoms with Crippen LogP contribution >= 0.6 is 0 Å². The van der Waals surface area contributed by atoms with E-state index >= 15 is 0 Å². The molecular weight excluding hydrogens is 374 g/mol. The second kappa shape index (κ2) is 8.03. The molecule has 2 aromatic carbocycles. The fourth-order valence-corrected chi connectivity index (χ4v) is 4.71. The number of carbonyl (C=O) groups is 1. The van der Waals surface area contributed by atoms with Crippen LogP contribution in [0.25, 0.3) is 0 Å². The Bertz CT molecular complexity index is 994. The Kier molecular flexibility index (Phi) is 5.88. The van der Waals surface area contributed by atoms with Crippen molar-refractivity contribution in [1.29, 1.82) is 0 Å². The second-order valence-corrected chi connectivity index (χ2v) is 9.32. The summed E-state index contributed by atoms with van der Waals surface area (Å²) in [5, 5.41) is 2.92. The SMILES string of the molecule is Cc1ccc(S(=O)(=O)N2CCN(C)CC2)cc1C(=O)Nc1cccc(C)c1C. The first-order valence-electron chi connectivity index (χ1n) is 9.37. The van der Waals surface area contributed by atoms with Gasteiger partial charge in [-0.3, -0.25) is 4.79 Å². The molecule has 1 amide bonds. The summed E-state index contributed by atoms with van der Waals surface area (Å²) in [6.45, 7) is 8.05. The Hall–Kier alpha value is -2.22. The van der Waals surface area contributed by atoms with Crippen molar-refractivity contribution in [2.45, 2.75) is 25.7 Å². The molecule has 3 rings (SSSR count). The molecular formula is C21H27N3O3S. The Balaban J connectivity index is 1.89. The third-order valence-electron chi connectivity index (χ3n) is 5.41. The summed E-state index contributed by atoms with van der Waals surface area (Å²) in [4.78, 5) is 15.1. The van der Waals surface area contributed by atoms with Gasteiger partial charge in [-0.05, 0) is 62.7 Å². The molecule has 6 nitrogen and oxygen atoms in total. The minimum atomic E-state index is -3.62. The number of hydrogen-bond acceptors (Lipinski definition) is 4. The van der Waals surface area contributed by atoms with Crippen LogP contribution < -0.4 is 5.32 Å². The van der Waals surface area contributed by atoms with E-state index in [9.17, 15) is 13.2 Å². The van der Waals surface area contributed by atoms with Gasteiger partial charge in [-0.2, -0.15) is 4.31 Å². The summed E-state index contributed by atoms with van der Waals surface area (Å²) in [5.41, 5.74) is 3.92. The van der Waals surface area contributed by atoms with E-state index in [1.807, 2.05) is 46.0 Å². The molecule has 0 saturated carbocycles. The predicted octanol–water partition coefficient (Wildman–Crippen LogP) is 2.80. The summed E-state index contributed by atoms with van der Waals surface area (Å²) >= 11 is 0. The zero-order chi connectivity index (χ0) is 20.5. The number of anilines is 1. The molecule has 0 spiro atoms. The Morgan fingerprint density at radius 1 is 0.964 bits per heavy atom. The van der Waals surface area contributed by atoms with E-state index in [0.29, 0.717) is 31.7 Å². The van der Waals surface area contributed by atoms with Crippen LogP contribution in [0.3, 0.4) is 0 Å². The molecule has 2 aromatic rings. The van der Waals surface area contributed by atoms with E-state index < -0.39 is 10.0 Å². The number of sulfonamides is 1. The molecule has 1 N–H and O–H groups in total. The summed E-state index contributed by atoms with van der Waals surface area (Å²) in [6.07, 6.45) is 0. The van der Waals surface area contributed by atoms with Gasteiger partial charge in [0.05, 0.1) is 4.90 Å². The third kappa shape index (κ3) is 4.11. The van der Waals surface area contributed by atoms with Crippen molar-refractivity contribution in [2.24, 2.45) is 0 Å². The molecule has 1 saturated heterocycles. The van der Waals surface area contributed by atoms with Crippen LogP contribution in [-0.4, -0.2) is 56.8 Å². The second-order valence-electron chi connectivity index (χ2n) is 7.39. The topological polar surface area (TPSA) is 69.7 Å². The maximum atomic E-state index is 13.0. The first-order chi connectivity index (χ1) is 13.2. The van der Waals surface area contributed by atoms with Crippen LogP contribution in [0, 0.1) is 20.8 Å². The Labute approximate surface area is 167 Å². The molecule has 7 heteroatoms. The average Bonchev–Trinajstić information content (AvgIpc) is 2.66. The molecule has 150 valence electrons. The lowest BCUT2D eigenvalue weighted by Crippen LogP contribution is -2.47. The molecule has 0 unspecified atom stereocenters. The van der Waals surface area contributed by atoms with Crippen molar-refractivity contribution in [2.75, 3.05) is 38.5 Å². The molecule has 1 fully saturated rings. The van der Waals surface area contributed by atoms with Gasteiger partial charge >= 0.3 is 0 Å². The number of amides is 1. The molecule has 1 heterocycles. The smallest absolute Gasteiger partial charge is 0.255 e. The van der Waals surface area contributed by atoms with E-state index in [1.165, 1.54) is 10.4 Å². The van der Waals surface area contributed by atoms with Gasteiger partial charge in [-0.1, -0.05) is 18.2 Å². The molecule has 0 aromatic heterocycles. The van der Waals surface area contributed by atoms with Crippen LogP contribution in [0.2, 0.25) is 0 Å². The Morgan fingerprint density at radius 2 is 1.64 bits per heavy atom. The highest BCUT2D eigenvalue weighted by molar-refractivity contribution is 7.89. The minimum Gasteiger partial charge on any atom is -0.322 e. The van der Waals surface area contributed by atoms with Gasteiger partial charge in [0.25, 0.3) is 5.91 Å². The van der Waals surface area contributed by atoms with Crippen molar-refractivity contribution < 1.29 is 13.2 Å². The highest BCUT2D eigenvalue weighted by atomic mass is 32.2. The normalized spacial score (nSPS) is 16.1. The van der Waals surface area contributed by atoms with Gasteiger partial charge in [-0.25, -0.2) is 8.42 Å². The first kappa shape index (κ1) is 20.5. The minimum absolute atomic E-state index is 0.161. The standard InChI is InChI=1S/C21H27N3O3S/c1-15-6-5-7-20(17(15)3)22-21(25)19-14-18(9-8-16(19)2)28(26,27)24-12-10-23(4)11-13-24/h5-9,14H,10-13H2,1-4H3,(H,22,25). The first-order valence-corrected chi connectivity index (χ1v) is 10.8. The highest BCUT2D eigenvalue weighted by Gasteiger charge is 2.28. The summed E-state index contributed by atoms with van der Waals surface area (Å²) in [6, 6.07) is 10.5. The number of piperazine rings is 1. The molecule has 1 aliphatic rings. The van der Waals surface area contributed by atoms with E-state index in [-0.39, 0.29) is 10.8 Å². The van der Waals surface area contributed by atoms with Gasteiger partial charge < -0.3 is 10.2 Å². The molecule has 0 radical (unpaired) electrons. The van der Waals surface area contributed by atoms with E-state index in [0.717, 1.165) is 22.4 Å². The van der Waals surface area contributed by atoms with Crippen LogP contribution in [0.15, 0.2) is 41.3 Å². The zero-order valence-corrected chi connectivity index (χ0v) is 17.6. The van der Waals surface area contributed by atoms with Crippen LogP contribution in [0.5, 0.6) is 0 Å².